The van der Waals surface area contributed by atoms with Crippen molar-refractivity contribution in [1.29, 1.82) is 0 Å². The van der Waals surface area contributed by atoms with Gasteiger partial charge in [-0.2, -0.15) is 0 Å². The second kappa shape index (κ2) is 3.40. The van der Waals surface area contributed by atoms with Crippen LogP contribution in [0.1, 0.15) is 21.0 Å². The number of hydrogen-bond acceptors (Lipinski definition) is 3. The summed E-state index contributed by atoms with van der Waals surface area (Å²) in [4.78, 5) is 24.6. The van der Waals surface area contributed by atoms with Gasteiger partial charge in [-0.15, -0.1) is 0 Å². The van der Waals surface area contributed by atoms with E-state index in [2.05, 4.69) is 4.98 Å². The van der Waals surface area contributed by atoms with E-state index in [1.54, 1.807) is 0 Å². The first-order valence-corrected chi connectivity index (χ1v) is 3.59. The molecule has 0 fully saturated rings. The van der Waals surface area contributed by atoms with Crippen LogP contribution in [0, 0.1) is 0 Å². The van der Waals surface area contributed by atoms with Crippen LogP contribution in [-0.4, -0.2) is 22.0 Å². The van der Waals surface area contributed by atoms with Crippen LogP contribution in [0.15, 0.2) is 12.1 Å². The van der Waals surface area contributed by atoms with Gasteiger partial charge in [0.25, 0.3) is 5.91 Å². The lowest BCUT2D eigenvalue weighted by Crippen LogP contribution is -2.15. The van der Waals surface area contributed by atoms with Crippen molar-refractivity contribution in [3.05, 3.63) is 28.5 Å². The predicted molar refractivity (Wildman–Crippen MR) is 44.7 cm³/mol. The molecule has 0 spiro atoms. The van der Waals surface area contributed by atoms with Gasteiger partial charge < -0.3 is 10.8 Å². The minimum absolute atomic E-state index is 0.112. The highest BCUT2D eigenvalue weighted by molar-refractivity contribution is 6.31. The van der Waals surface area contributed by atoms with Gasteiger partial charge >= 0.3 is 5.97 Å². The first-order chi connectivity index (χ1) is 6.00. The normalized spacial score (nSPS) is 9.62. The molecule has 0 saturated carbocycles. The molecule has 0 bridgehead atoms. The average Bonchev–Trinajstić information content (AvgIpc) is 2.03. The van der Waals surface area contributed by atoms with Crippen molar-refractivity contribution in [3.63, 3.8) is 0 Å². The zero-order valence-corrected chi connectivity index (χ0v) is 7.08. The molecule has 5 nitrogen and oxygen atoms in total. The standard InChI is InChI=1S/C7H5ClN2O3/c8-3-1-4(6(9)11)10-5(2-3)7(12)13/h1-2H,(H2,9,11)(H,12,13). The largest absolute Gasteiger partial charge is 0.477 e. The Hall–Kier alpha value is -1.62. The van der Waals surface area contributed by atoms with Crippen molar-refractivity contribution < 1.29 is 14.7 Å². The molecular formula is C7H5ClN2O3. The molecule has 0 aliphatic rings. The van der Waals surface area contributed by atoms with Gasteiger partial charge in [-0.25, -0.2) is 9.78 Å². The molecule has 1 heterocycles. The molecule has 6 heteroatoms. The Bertz CT molecular complexity index is 346. The molecular weight excluding hydrogens is 196 g/mol. The number of aromatic carboxylic acids is 1. The molecule has 1 aromatic rings. The quantitative estimate of drug-likeness (QED) is 0.728. The first-order valence-electron chi connectivity index (χ1n) is 3.21. The number of hydrogen-bond donors (Lipinski definition) is 2. The molecule has 0 aromatic carbocycles. The van der Waals surface area contributed by atoms with E-state index in [-0.39, 0.29) is 16.4 Å². The highest BCUT2D eigenvalue weighted by Crippen LogP contribution is 2.11. The summed E-state index contributed by atoms with van der Waals surface area (Å²) < 4.78 is 0. The van der Waals surface area contributed by atoms with Gasteiger partial charge in [-0.05, 0) is 12.1 Å². The van der Waals surface area contributed by atoms with Gasteiger partial charge in [-0.3, -0.25) is 4.79 Å². The number of carbonyl (C=O) groups excluding carboxylic acids is 1. The minimum Gasteiger partial charge on any atom is -0.477 e. The van der Waals surface area contributed by atoms with E-state index in [1.807, 2.05) is 0 Å². The van der Waals surface area contributed by atoms with E-state index >= 15 is 0 Å². The fraction of sp³-hybridized carbons (Fsp3) is 0. The van der Waals surface area contributed by atoms with Crippen molar-refractivity contribution >= 4 is 23.5 Å². The lowest BCUT2D eigenvalue weighted by molar-refractivity contribution is 0.0690. The summed E-state index contributed by atoms with van der Waals surface area (Å²) in [5.74, 6) is -2.07. The number of primary amides is 1. The molecule has 0 atom stereocenters. The van der Waals surface area contributed by atoms with E-state index in [1.165, 1.54) is 6.07 Å². The number of nitrogens with zero attached hydrogens (tertiary/aromatic N) is 1. The molecule has 0 aliphatic carbocycles. The van der Waals surface area contributed by atoms with Crippen molar-refractivity contribution in [2.45, 2.75) is 0 Å². The van der Waals surface area contributed by atoms with Crippen LogP contribution < -0.4 is 5.73 Å². The monoisotopic (exact) mass is 200 g/mol. The predicted octanol–water partition coefficient (Wildman–Crippen LogP) is 0.532. The molecule has 1 aromatic heterocycles. The Morgan fingerprint density at radius 1 is 1.38 bits per heavy atom. The molecule has 3 N–H and O–H groups in total. The Morgan fingerprint density at radius 3 is 2.38 bits per heavy atom. The van der Waals surface area contributed by atoms with Crippen molar-refractivity contribution in [3.8, 4) is 0 Å². The van der Waals surface area contributed by atoms with Gasteiger partial charge in [-0.1, -0.05) is 11.6 Å². The smallest absolute Gasteiger partial charge is 0.354 e. The number of rotatable bonds is 2. The molecule has 0 aliphatic heterocycles. The number of carboxylic acids is 1. The highest BCUT2D eigenvalue weighted by atomic mass is 35.5. The third kappa shape index (κ3) is 2.16. The maximum Gasteiger partial charge on any atom is 0.354 e. The second-order valence-corrected chi connectivity index (χ2v) is 2.66. The number of carboxylic acid groups (broad SMARTS) is 1. The lowest BCUT2D eigenvalue weighted by atomic mass is 10.3. The second-order valence-electron chi connectivity index (χ2n) is 2.23. The summed E-state index contributed by atoms with van der Waals surface area (Å²) in [6.07, 6.45) is 0. The number of nitrogens with two attached hydrogens (primary N) is 1. The van der Waals surface area contributed by atoms with E-state index in [0.29, 0.717) is 0 Å². The van der Waals surface area contributed by atoms with Gasteiger partial charge in [0.15, 0.2) is 5.69 Å². The summed E-state index contributed by atoms with van der Waals surface area (Å²) in [5, 5.41) is 8.65. The molecule has 1 amide bonds. The summed E-state index contributed by atoms with van der Waals surface area (Å²) in [7, 11) is 0. The molecule has 68 valence electrons. The third-order valence-corrected chi connectivity index (χ3v) is 1.48. The number of halogens is 1. The number of carbonyl (C=O) groups is 2. The number of aromatic nitrogens is 1. The zero-order chi connectivity index (χ0) is 10.0. The van der Waals surface area contributed by atoms with Crippen LogP contribution in [0.2, 0.25) is 5.02 Å². The SMILES string of the molecule is NC(=O)c1cc(Cl)cc(C(=O)O)n1. The fourth-order valence-corrected chi connectivity index (χ4v) is 0.940. The molecule has 0 saturated heterocycles. The Labute approximate surface area is 78.1 Å². The fourth-order valence-electron chi connectivity index (χ4n) is 0.733. The topological polar surface area (TPSA) is 93.3 Å². The van der Waals surface area contributed by atoms with E-state index in [4.69, 9.17) is 22.4 Å². The zero-order valence-electron chi connectivity index (χ0n) is 6.32. The van der Waals surface area contributed by atoms with Crippen LogP contribution in [0.5, 0.6) is 0 Å². The minimum atomic E-state index is -1.26. The highest BCUT2D eigenvalue weighted by Gasteiger charge is 2.10. The maximum absolute atomic E-state index is 10.6. The summed E-state index contributed by atoms with van der Waals surface area (Å²) in [5.41, 5.74) is 4.43. The van der Waals surface area contributed by atoms with Gasteiger partial charge in [0.2, 0.25) is 0 Å². The Kier molecular flexibility index (Phi) is 2.48. The van der Waals surface area contributed by atoms with Crippen molar-refractivity contribution in [1.82, 2.24) is 4.98 Å². The third-order valence-electron chi connectivity index (χ3n) is 1.26. The van der Waals surface area contributed by atoms with Crippen LogP contribution in [0.3, 0.4) is 0 Å². The molecule has 0 unspecified atom stereocenters. The van der Waals surface area contributed by atoms with E-state index in [9.17, 15) is 9.59 Å². The van der Waals surface area contributed by atoms with Crippen LogP contribution in [0.4, 0.5) is 0 Å². The molecule has 13 heavy (non-hydrogen) atoms. The van der Waals surface area contributed by atoms with E-state index in [0.717, 1.165) is 6.07 Å². The van der Waals surface area contributed by atoms with Crippen LogP contribution in [0.25, 0.3) is 0 Å². The van der Waals surface area contributed by atoms with Crippen molar-refractivity contribution in [2.24, 2.45) is 5.73 Å². The van der Waals surface area contributed by atoms with Crippen LogP contribution >= 0.6 is 11.6 Å². The number of pyridine rings is 1. The summed E-state index contributed by atoms with van der Waals surface area (Å²) in [6.45, 7) is 0. The Balaban J connectivity index is 3.26. The van der Waals surface area contributed by atoms with Gasteiger partial charge in [0, 0.05) is 5.02 Å². The van der Waals surface area contributed by atoms with Gasteiger partial charge in [0.1, 0.15) is 5.69 Å². The first kappa shape index (κ1) is 9.47. The summed E-state index contributed by atoms with van der Waals surface area (Å²) >= 11 is 5.53. The average molecular weight is 201 g/mol. The lowest BCUT2D eigenvalue weighted by Gasteiger charge is -1.98. The summed E-state index contributed by atoms with van der Waals surface area (Å²) in [6, 6.07) is 2.34. The van der Waals surface area contributed by atoms with Crippen LogP contribution in [-0.2, 0) is 0 Å². The van der Waals surface area contributed by atoms with E-state index < -0.39 is 11.9 Å². The molecule has 1 rings (SSSR count). The van der Waals surface area contributed by atoms with Crippen molar-refractivity contribution in [2.75, 3.05) is 0 Å². The van der Waals surface area contributed by atoms with Gasteiger partial charge in [0.05, 0.1) is 0 Å². The Morgan fingerprint density at radius 2 is 1.92 bits per heavy atom. The number of amides is 1. The molecule has 0 radical (unpaired) electrons. The maximum atomic E-state index is 10.6.